The van der Waals surface area contributed by atoms with Gasteiger partial charge in [-0.2, -0.15) is 36.8 Å². The van der Waals surface area contributed by atoms with Gasteiger partial charge in [-0.15, -0.1) is 10.2 Å². The number of H-pyrrole nitrogens is 4. The van der Waals surface area contributed by atoms with Gasteiger partial charge in [0.2, 0.25) is 19.2 Å². The van der Waals surface area contributed by atoms with E-state index in [4.69, 9.17) is 0 Å². The highest BCUT2D eigenvalue weighted by molar-refractivity contribution is 7.07. The molecule has 29 heteroatoms. The maximum Gasteiger partial charge on any atom is 0.213 e. The average Bonchev–Trinajstić information content (AvgIpc) is 4.45. The predicted molar refractivity (Wildman–Crippen MR) is 321 cm³/mol. The smallest absolute Gasteiger partial charge is 0.213 e. The number of thiophene rings is 1. The van der Waals surface area contributed by atoms with Crippen molar-refractivity contribution < 1.29 is 17.8 Å². The van der Waals surface area contributed by atoms with Crippen LogP contribution in [-0.4, -0.2) is 122 Å². The monoisotopic (exact) mass is 1180 g/mol. The Morgan fingerprint density at radius 3 is 1.05 bits per heavy atom. The highest BCUT2D eigenvalue weighted by Gasteiger charge is 1.73. The molecule has 1 aliphatic heterocycles. The van der Waals surface area contributed by atoms with Crippen molar-refractivity contribution in [2.24, 2.45) is 4.99 Å². The molecule has 16 rings (SSSR count). The quantitative estimate of drug-likeness (QED) is 0.110. The normalized spacial score (nSPS) is 8.56. The van der Waals surface area contributed by atoms with Crippen LogP contribution < -0.4 is 0 Å². The second kappa shape index (κ2) is 68.4. The van der Waals surface area contributed by atoms with Crippen LogP contribution in [0.4, 0.5) is 0 Å². The summed E-state index contributed by atoms with van der Waals surface area (Å²) in [6, 6.07) is 32.1. The van der Waals surface area contributed by atoms with Crippen LogP contribution in [0.1, 0.15) is 6.42 Å². The third kappa shape index (κ3) is 65.6. The van der Waals surface area contributed by atoms with Crippen LogP contribution in [0.5, 0.6) is 0 Å². The highest BCUT2D eigenvalue weighted by atomic mass is 32.1. The Bertz CT molecular complexity index is 2270. The average molecular weight is 1180 g/mol. The van der Waals surface area contributed by atoms with Crippen LogP contribution >= 0.6 is 11.3 Å². The number of rotatable bonds is 0. The summed E-state index contributed by atoms with van der Waals surface area (Å²) in [6.07, 6.45) is 61.4. The number of aromatic nitrogens is 23. The standard InChI is InChI=1S/C5H5N.4C4H4N2.3C4H5N.C4H4O.C4H4S.C3H3N3.2C3H4N2.C3H3NO.2C2H2N2O/c1-2-4-6-5-3-1;1-2-6-4-3-5-1;1-2-5-4-6-3-1;2*1-2-4-6-5-3-1;5*1-2-4-5-3-1;1-4-2-6-3-5-1;1-2-5-3-4-1;1-2-4-5-3-1;1-2-5-3-4-1;1-3-4-2-5-1;1-3-2-5-4-1/h1-5H;4*1-4H;1,3-4H,2H2;2*1-5H;2*1-4H;1-3H;2*1-3H,(H,4,5);1-3H;2*1-2H. The minimum Gasteiger partial charge on any atom is -0.473 e. The predicted octanol–water partition coefficient (Wildman–Crippen LogP) is 10.5. The molecule has 0 amide bonds. The number of furan rings is 1. The van der Waals surface area contributed by atoms with Crippen LogP contribution in [0, 0.1) is 0 Å². The van der Waals surface area contributed by atoms with E-state index in [1.54, 1.807) is 148 Å². The number of allylic oxidation sites excluding steroid dienone is 1. The first kappa shape index (κ1) is 71.4. The number of aromatic amines is 4. The number of hydrogen-bond acceptors (Lipinski definition) is 25. The summed E-state index contributed by atoms with van der Waals surface area (Å²) in [5.41, 5.74) is 0. The van der Waals surface area contributed by atoms with Gasteiger partial charge in [-0.3, -0.25) is 25.0 Å². The molecule has 28 nitrogen and oxygen atoms in total. The van der Waals surface area contributed by atoms with Gasteiger partial charge in [-0.25, -0.2) is 39.9 Å². The third-order valence-corrected chi connectivity index (χ3v) is 7.62. The zero-order valence-corrected chi connectivity index (χ0v) is 46.8. The lowest BCUT2D eigenvalue weighted by Gasteiger charge is -1.70. The molecule has 86 heavy (non-hydrogen) atoms. The van der Waals surface area contributed by atoms with E-state index < -0.39 is 0 Å². The number of pyridine rings is 1. The summed E-state index contributed by atoms with van der Waals surface area (Å²) in [5.74, 6) is 0. The molecule has 0 aliphatic carbocycles. The van der Waals surface area contributed by atoms with E-state index in [1.807, 2.05) is 145 Å². The van der Waals surface area contributed by atoms with Crippen molar-refractivity contribution in [3.8, 4) is 0 Å². The molecule has 0 radical (unpaired) electrons. The number of nitrogens with zero attached hydrogens (tertiary/aromatic N) is 20. The molecule has 0 aromatic carbocycles. The van der Waals surface area contributed by atoms with Gasteiger partial charge in [-0.1, -0.05) is 29.4 Å². The van der Waals surface area contributed by atoms with E-state index in [1.165, 1.54) is 63.5 Å². The Hall–Kier alpha value is -12.7. The number of aliphatic imine (C=N–C) groups is 1. The summed E-state index contributed by atoms with van der Waals surface area (Å²) >= 11 is 1.71. The molecule has 4 N–H and O–H groups in total. The largest absolute Gasteiger partial charge is 0.473 e. The van der Waals surface area contributed by atoms with E-state index in [0.29, 0.717) is 0 Å². The fraction of sp³-hybridized carbons (Fsp3) is 0.0175. The zero-order valence-electron chi connectivity index (χ0n) is 46.0. The van der Waals surface area contributed by atoms with Gasteiger partial charge in [0.05, 0.1) is 25.1 Å². The van der Waals surface area contributed by atoms with Crippen molar-refractivity contribution in [2.75, 3.05) is 0 Å². The number of imidazole rings is 1. The van der Waals surface area contributed by atoms with Gasteiger partial charge < -0.3 is 32.7 Å². The molecule has 0 atom stereocenters. The van der Waals surface area contributed by atoms with Gasteiger partial charge in [0.25, 0.3) is 0 Å². The summed E-state index contributed by atoms with van der Waals surface area (Å²) in [7, 11) is 0. The van der Waals surface area contributed by atoms with Gasteiger partial charge >= 0.3 is 0 Å². The van der Waals surface area contributed by atoms with E-state index in [2.05, 4.69) is 138 Å². The fourth-order valence-electron chi connectivity index (χ4n) is 3.72. The van der Waals surface area contributed by atoms with Crippen LogP contribution in [0.15, 0.2) is 361 Å². The van der Waals surface area contributed by atoms with Crippen molar-refractivity contribution in [1.29, 1.82) is 0 Å². The summed E-state index contributed by atoms with van der Waals surface area (Å²) in [4.78, 5) is 52.2. The fourth-order valence-corrected chi connectivity index (χ4v) is 4.18. The number of hydrogen-bond donors (Lipinski definition) is 4. The lowest BCUT2D eigenvalue weighted by Crippen LogP contribution is -1.73. The molecule has 0 fully saturated rings. The van der Waals surface area contributed by atoms with Crippen LogP contribution in [0.25, 0.3) is 0 Å². The molecule has 16 heterocycles. The molecule has 0 unspecified atom stereocenters. The Labute approximate surface area is 499 Å². The molecule has 0 saturated carbocycles. The third-order valence-electron chi connectivity index (χ3n) is 6.99. The second-order valence-corrected chi connectivity index (χ2v) is 13.9. The van der Waals surface area contributed by atoms with Gasteiger partial charge in [0.15, 0.2) is 12.7 Å². The second-order valence-electron chi connectivity index (χ2n) is 13.1. The van der Waals surface area contributed by atoms with Crippen LogP contribution in [0.2, 0.25) is 0 Å². The first-order valence-corrected chi connectivity index (χ1v) is 25.5. The van der Waals surface area contributed by atoms with Crippen LogP contribution in [-0.2, 0) is 0 Å². The minimum absolute atomic E-state index is 1.03. The molecule has 0 spiro atoms. The highest BCUT2D eigenvalue weighted by Crippen LogP contribution is 1.91. The lowest BCUT2D eigenvalue weighted by atomic mass is 10.5. The summed E-state index contributed by atoms with van der Waals surface area (Å²) < 4.78 is 17.6. The Balaban J connectivity index is 0.000000459. The first-order valence-electron chi connectivity index (χ1n) is 24.6. The molecular formula is C57H62N24O4S. The molecule has 0 bridgehead atoms. The van der Waals surface area contributed by atoms with Gasteiger partial charge in [0.1, 0.15) is 31.6 Å². The van der Waals surface area contributed by atoms with E-state index in [-0.39, 0.29) is 0 Å². The maximum absolute atomic E-state index is 4.58. The molecule has 15 aromatic rings. The number of oxazole rings is 1. The number of nitrogens with one attached hydrogen (secondary N) is 4. The van der Waals surface area contributed by atoms with Crippen molar-refractivity contribution in [2.45, 2.75) is 6.42 Å². The van der Waals surface area contributed by atoms with E-state index in [0.717, 1.165) is 6.42 Å². The molecular weight excluding hydrogens is 1120 g/mol. The van der Waals surface area contributed by atoms with E-state index in [9.17, 15) is 0 Å². The van der Waals surface area contributed by atoms with Crippen molar-refractivity contribution in [3.63, 3.8) is 0 Å². The lowest BCUT2D eigenvalue weighted by molar-refractivity contribution is 0.416. The molecule has 1 aliphatic rings. The van der Waals surface area contributed by atoms with Crippen molar-refractivity contribution in [3.05, 3.63) is 339 Å². The van der Waals surface area contributed by atoms with Crippen molar-refractivity contribution in [1.82, 2.24) is 116 Å². The van der Waals surface area contributed by atoms with Gasteiger partial charge in [0, 0.05) is 143 Å². The Kier molecular flexibility index (Phi) is 56.8. The Morgan fingerprint density at radius 1 is 0.326 bits per heavy atom. The molecule has 0 saturated heterocycles. The molecule has 440 valence electrons. The van der Waals surface area contributed by atoms with Crippen LogP contribution in [0.3, 0.4) is 0 Å². The Morgan fingerprint density at radius 2 is 0.884 bits per heavy atom. The van der Waals surface area contributed by atoms with E-state index >= 15 is 0 Å². The summed E-state index contributed by atoms with van der Waals surface area (Å²) in [6.45, 7) is 0. The summed E-state index contributed by atoms with van der Waals surface area (Å²) in [5, 5.41) is 34.3. The minimum atomic E-state index is 1.03. The molecule has 15 aromatic heterocycles. The SMILES string of the molecule is C1=CN=CC1.c1c[nH]cn1.c1cc[nH]c1.c1cc[nH]c1.c1ccncc1.c1ccnnc1.c1ccnnc1.c1ccoc1.c1ccsc1.c1cn[nH]c1.c1cnccn1.c1cncnc1.c1cocn1.c1ncncn1.c1ncon1.c1nnco1. The zero-order chi connectivity index (χ0) is 60.8. The topological polar surface area (TPSA) is 373 Å². The maximum atomic E-state index is 4.58. The van der Waals surface area contributed by atoms with Crippen molar-refractivity contribution >= 4 is 17.6 Å². The first-order chi connectivity index (χ1) is 43.0. The van der Waals surface area contributed by atoms with Gasteiger partial charge in [-0.05, 0) is 95.7 Å².